The van der Waals surface area contributed by atoms with E-state index in [2.05, 4.69) is 5.10 Å². The zero-order valence-electron chi connectivity index (χ0n) is 20.0. The van der Waals surface area contributed by atoms with E-state index in [0.717, 1.165) is 20.3 Å². The largest absolute Gasteiger partial charge is 0.507 e. The van der Waals surface area contributed by atoms with Crippen molar-refractivity contribution < 1.29 is 38.1 Å². The minimum atomic E-state index is -0.902. The predicted molar refractivity (Wildman–Crippen MR) is 130 cm³/mol. The Morgan fingerprint density at radius 2 is 1.43 bits per heavy atom. The van der Waals surface area contributed by atoms with Gasteiger partial charge in [-0.25, -0.2) is 23.5 Å². The lowest BCUT2D eigenvalue weighted by atomic mass is 9.96. The topological polar surface area (TPSA) is 117 Å². The molecular weight excluding hydrogens is 483 g/mol. The van der Waals surface area contributed by atoms with Crippen LogP contribution in [0.5, 0.6) is 5.75 Å². The molecule has 0 spiro atoms. The molecule has 188 valence electrons. The maximum Gasteiger partial charge on any atom is 0.357 e. The number of carbonyl (C=O) groups is 3. The van der Waals surface area contributed by atoms with Crippen LogP contribution in [0.25, 0.3) is 28.1 Å². The van der Waals surface area contributed by atoms with Crippen molar-refractivity contribution in [3.05, 3.63) is 89.4 Å². The third-order valence-electron chi connectivity index (χ3n) is 5.62. The molecule has 3 aromatic carbocycles. The number of methoxy groups -OCH3 is 3. The number of para-hydroxylation sites is 2. The number of phenols is 1. The van der Waals surface area contributed by atoms with Crippen molar-refractivity contribution in [2.75, 3.05) is 21.3 Å². The summed E-state index contributed by atoms with van der Waals surface area (Å²) in [5.41, 5.74) is -0.121. The molecule has 1 N–H and O–H groups in total. The minimum Gasteiger partial charge on any atom is -0.507 e. The fourth-order valence-corrected chi connectivity index (χ4v) is 3.87. The molecule has 0 atom stereocenters. The van der Waals surface area contributed by atoms with E-state index in [4.69, 9.17) is 14.2 Å². The molecule has 4 rings (SSSR count). The van der Waals surface area contributed by atoms with Gasteiger partial charge in [-0.3, -0.25) is 0 Å². The normalized spacial score (nSPS) is 10.6. The Balaban J connectivity index is 2.01. The van der Waals surface area contributed by atoms with Crippen LogP contribution in [-0.2, 0) is 14.2 Å². The zero-order valence-corrected chi connectivity index (χ0v) is 20.0. The molecule has 0 aliphatic rings. The summed E-state index contributed by atoms with van der Waals surface area (Å²) in [5, 5.41) is 15.7. The Labute approximate surface area is 210 Å². The van der Waals surface area contributed by atoms with E-state index in [0.29, 0.717) is 5.69 Å². The maximum absolute atomic E-state index is 14.8. The van der Waals surface area contributed by atoms with Crippen LogP contribution in [0, 0.1) is 5.82 Å². The molecule has 1 aromatic heterocycles. The summed E-state index contributed by atoms with van der Waals surface area (Å²) in [7, 11) is 3.48. The van der Waals surface area contributed by atoms with Gasteiger partial charge in [0.25, 0.3) is 0 Å². The van der Waals surface area contributed by atoms with E-state index in [9.17, 15) is 23.9 Å². The molecule has 0 unspecified atom stereocenters. The van der Waals surface area contributed by atoms with E-state index >= 15 is 0 Å². The number of carbonyl (C=O) groups excluding carboxylic acids is 3. The third kappa shape index (κ3) is 4.52. The highest BCUT2D eigenvalue weighted by Crippen LogP contribution is 2.41. The quantitative estimate of drug-likeness (QED) is 0.303. The SMILES string of the molecule is COC(=O)c1ccc(F)c(-c2cccc(-c3nn(-c4ccccc4)c(C(=O)OC)c3C(=O)OC)c2O)c1. The fraction of sp³-hybridized carbons (Fsp3) is 0.111. The van der Waals surface area contributed by atoms with Crippen LogP contribution < -0.4 is 0 Å². The number of ether oxygens (including phenoxy) is 3. The number of hydrogen-bond donors (Lipinski definition) is 1. The van der Waals surface area contributed by atoms with Crippen LogP contribution in [0.15, 0.2) is 66.7 Å². The number of halogens is 1. The molecule has 10 heteroatoms. The summed E-state index contributed by atoms with van der Waals surface area (Å²) >= 11 is 0. The molecule has 37 heavy (non-hydrogen) atoms. The van der Waals surface area contributed by atoms with Crippen LogP contribution in [0.3, 0.4) is 0 Å². The van der Waals surface area contributed by atoms with Crippen molar-refractivity contribution in [3.63, 3.8) is 0 Å². The summed E-state index contributed by atoms with van der Waals surface area (Å²) in [6, 6.07) is 16.5. The Morgan fingerprint density at radius 1 is 0.784 bits per heavy atom. The highest BCUT2D eigenvalue weighted by Gasteiger charge is 2.32. The first kappa shape index (κ1) is 25.1. The average Bonchev–Trinajstić information content (AvgIpc) is 3.33. The highest BCUT2D eigenvalue weighted by atomic mass is 19.1. The molecule has 0 aliphatic carbocycles. The smallest absolute Gasteiger partial charge is 0.357 e. The van der Waals surface area contributed by atoms with E-state index in [1.165, 1.54) is 42.1 Å². The Morgan fingerprint density at radius 3 is 2.08 bits per heavy atom. The van der Waals surface area contributed by atoms with Gasteiger partial charge in [0, 0.05) is 16.7 Å². The van der Waals surface area contributed by atoms with E-state index < -0.39 is 29.5 Å². The summed E-state index contributed by atoms with van der Waals surface area (Å²) in [6.45, 7) is 0. The zero-order chi connectivity index (χ0) is 26.7. The van der Waals surface area contributed by atoms with Crippen molar-refractivity contribution in [3.8, 4) is 33.8 Å². The lowest BCUT2D eigenvalue weighted by molar-refractivity contribution is 0.0549. The number of nitrogens with zero attached hydrogens (tertiary/aromatic N) is 2. The number of benzene rings is 3. The van der Waals surface area contributed by atoms with Crippen molar-refractivity contribution in [1.82, 2.24) is 9.78 Å². The van der Waals surface area contributed by atoms with Gasteiger partial charge >= 0.3 is 17.9 Å². The first-order chi connectivity index (χ1) is 17.8. The van der Waals surface area contributed by atoms with E-state index in [-0.39, 0.29) is 39.2 Å². The van der Waals surface area contributed by atoms with Gasteiger partial charge < -0.3 is 19.3 Å². The van der Waals surface area contributed by atoms with Gasteiger partial charge in [-0.1, -0.05) is 30.3 Å². The van der Waals surface area contributed by atoms with Crippen molar-refractivity contribution in [2.24, 2.45) is 0 Å². The summed E-state index contributed by atoms with van der Waals surface area (Å²) < 4.78 is 30.6. The van der Waals surface area contributed by atoms with Gasteiger partial charge in [0.2, 0.25) is 0 Å². The summed E-state index contributed by atoms with van der Waals surface area (Å²) in [6.07, 6.45) is 0. The number of rotatable bonds is 6. The van der Waals surface area contributed by atoms with Crippen molar-refractivity contribution in [2.45, 2.75) is 0 Å². The second kappa shape index (κ2) is 10.3. The van der Waals surface area contributed by atoms with Crippen LogP contribution in [-0.4, -0.2) is 54.1 Å². The van der Waals surface area contributed by atoms with E-state index in [1.807, 2.05) is 0 Å². The molecule has 0 amide bonds. The number of aromatic nitrogens is 2. The van der Waals surface area contributed by atoms with Gasteiger partial charge in [0.05, 0.1) is 32.6 Å². The van der Waals surface area contributed by atoms with Crippen LogP contribution in [0.2, 0.25) is 0 Å². The van der Waals surface area contributed by atoms with Gasteiger partial charge in [0.1, 0.15) is 22.8 Å². The molecule has 0 bridgehead atoms. The van der Waals surface area contributed by atoms with Crippen LogP contribution in [0.1, 0.15) is 31.2 Å². The fourth-order valence-electron chi connectivity index (χ4n) is 3.87. The van der Waals surface area contributed by atoms with Gasteiger partial charge in [0.15, 0.2) is 5.69 Å². The van der Waals surface area contributed by atoms with Gasteiger partial charge in [-0.2, -0.15) is 5.10 Å². The first-order valence-electron chi connectivity index (χ1n) is 10.9. The molecule has 1 heterocycles. The van der Waals surface area contributed by atoms with Crippen molar-refractivity contribution >= 4 is 17.9 Å². The number of esters is 3. The molecular formula is C27H21FN2O7. The number of hydrogen-bond acceptors (Lipinski definition) is 8. The maximum atomic E-state index is 14.8. The molecule has 0 aliphatic heterocycles. The van der Waals surface area contributed by atoms with Crippen LogP contribution in [0.4, 0.5) is 4.39 Å². The number of aromatic hydroxyl groups is 1. The summed E-state index contributed by atoms with van der Waals surface area (Å²) in [5.74, 6) is -3.60. The number of phenolic OH excluding ortho intramolecular Hbond substituents is 1. The predicted octanol–water partition coefficient (Wildman–Crippen LogP) is 4.41. The molecule has 9 nitrogen and oxygen atoms in total. The molecule has 0 saturated heterocycles. The van der Waals surface area contributed by atoms with E-state index in [1.54, 1.807) is 30.3 Å². The second-order valence-electron chi connectivity index (χ2n) is 7.69. The van der Waals surface area contributed by atoms with Gasteiger partial charge in [-0.15, -0.1) is 0 Å². The molecule has 0 radical (unpaired) electrons. The second-order valence-corrected chi connectivity index (χ2v) is 7.69. The van der Waals surface area contributed by atoms with Gasteiger partial charge in [-0.05, 0) is 36.4 Å². The minimum absolute atomic E-state index is 0.0144. The standard InChI is InChI=1S/C27H21FN2O7/c1-35-25(32)15-12-13-20(28)19(14-15)17-10-7-11-18(24(17)31)22-21(26(33)36-2)23(27(34)37-3)30(29-22)16-8-5-4-6-9-16/h4-14,31H,1-3H3. The lowest BCUT2D eigenvalue weighted by Gasteiger charge is -2.11. The Bertz CT molecular complexity index is 1510. The summed E-state index contributed by atoms with van der Waals surface area (Å²) in [4.78, 5) is 37.7. The van der Waals surface area contributed by atoms with Crippen LogP contribution >= 0.6 is 0 Å². The lowest BCUT2D eigenvalue weighted by Crippen LogP contribution is -2.15. The van der Waals surface area contributed by atoms with Crippen molar-refractivity contribution in [1.29, 1.82) is 0 Å². The third-order valence-corrected chi connectivity index (χ3v) is 5.62. The molecule has 4 aromatic rings. The highest BCUT2D eigenvalue weighted by molar-refractivity contribution is 6.07. The Kier molecular flexibility index (Phi) is 7.01. The average molecular weight is 504 g/mol. The Hall–Kier alpha value is -4.99. The molecule has 0 saturated carbocycles. The first-order valence-corrected chi connectivity index (χ1v) is 10.9. The molecule has 0 fully saturated rings. The monoisotopic (exact) mass is 504 g/mol.